The number of carbonyl (C=O) groups excluding carboxylic acids is 2. The summed E-state index contributed by atoms with van der Waals surface area (Å²) >= 11 is 0. The summed E-state index contributed by atoms with van der Waals surface area (Å²) in [5, 5.41) is 14.0. The fourth-order valence-electron chi connectivity index (χ4n) is 3.50. The zero-order chi connectivity index (χ0) is 22.7. The Bertz CT molecular complexity index is 1160. The van der Waals surface area contributed by atoms with Gasteiger partial charge in [-0.15, -0.1) is 0 Å². The first-order valence-electron chi connectivity index (χ1n) is 10.1. The number of imidazole rings is 1. The maximum absolute atomic E-state index is 12.8. The standard InChI is InChI=1S/C22H21N5O5/c1-2-16(22-23-11-17(25-22)14-6-4-3-5-7-14)24-20(28)12-26-18-10-15(27(30)31)8-9-19(18)32-13-21(26)29/h3-11,16H,2,12-13H2,1H3,(H,23,25)(H,24,28). The van der Waals surface area contributed by atoms with Crippen LogP contribution in [0.25, 0.3) is 11.3 Å². The highest BCUT2D eigenvalue weighted by Gasteiger charge is 2.30. The summed E-state index contributed by atoms with van der Waals surface area (Å²) in [4.78, 5) is 44.6. The third kappa shape index (κ3) is 4.29. The highest BCUT2D eigenvalue weighted by Crippen LogP contribution is 2.35. The second kappa shape index (κ2) is 8.88. The van der Waals surface area contributed by atoms with E-state index in [1.165, 1.54) is 23.1 Å². The first-order valence-corrected chi connectivity index (χ1v) is 10.1. The number of nitrogens with one attached hydrogen (secondary N) is 2. The van der Waals surface area contributed by atoms with Gasteiger partial charge >= 0.3 is 0 Å². The highest BCUT2D eigenvalue weighted by atomic mass is 16.6. The molecule has 10 nitrogen and oxygen atoms in total. The predicted molar refractivity (Wildman–Crippen MR) is 116 cm³/mol. The number of anilines is 1. The van der Waals surface area contributed by atoms with E-state index < -0.39 is 16.7 Å². The van der Waals surface area contributed by atoms with Crippen LogP contribution in [0.3, 0.4) is 0 Å². The van der Waals surface area contributed by atoms with E-state index in [9.17, 15) is 19.7 Å². The van der Waals surface area contributed by atoms with Crippen molar-refractivity contribution in [3.8, 4) is 17.0 Å². The molecule has 1 aliphatic rings. The number of nitrogens with zero attached hydrogens (tertiary/aromatic N) is 3. The normalized spacial score (nSPS) is 13.8. The van der Waals surface area contributed by atoms with Gasteiger partial charge in [-0.2, -0.15) is 0 Å². The Labute approximate surface area is 183 Å². The van der Waals surface area contributed by atoms with Crippen LogP contribution >= 0.6 is 0 Å². The lowest BCUT2D eigenvalue weighted by atomic mass is 10.2. The fourth-order valence-corrected chi connectivity index (χ4v) is 3.50. The molecule has 0 bridgehead atoms. The van der Waals surface area contributed by atoms with E-state index in [0.29, 0.717) is 18.0 Å². The maximum Gasteiger partial charge on any atom is 0.271 e. The summed E-state index contributed by atoms with van der Waals surface area (Å²) in [7, 11) is 0. The lowest BCUT2D eigenvalue weighted by Crippen LogP contribution is -2.45. The molecule has 1 aromatic heterocycles. The first-order chi connectivity index (χ1) is 15.5. The Balaban J connectivity index is 1.50. The van der Waals surface area contributed by atoms with Crippen molar-refractivity contribution in [1.82, 2.24) is 15.3 Å². The van der Waals surface area contributed by atoms with Crippen LogP contribution in [0.1, 0.15) is 25.2 Å². The number of fused-ring (bicyclic) bond motifs is 1. The van der Waals surface area contributed by atoms with Crippen molar-refractivity contribution in [2.24, 2.45) is 0 Å². The number of non-ortho nitro benzene ring substituents is 1. The smallest absolute Gasteiger partial charge is 0.271 e. The van der Waals surface area contributed by atoms with Crippen molar-refractivity contribution >= 4 is 23.2 Å². The first kappa shape index (κ1) is 21.0. The molecule has 0 fully saturated rings. The molecule has 32 heavy (non-hydrogen) atoms. The number of amides is 2. The minimum atomic E-state index is -0.564. The summed E-state index contributed by atoms with van der Waals surface area (Å²) in [6, 6.07) is 13.3. The number of nitro benzene ring substituents is 1. The van der Waals surface area contributed by atoms with Crippen LogP contribution in [0, 0.1) is 10.1 Å². The highest BCUT2D eigenvalue weighted by molar-refractivity contribution is 6.02. The van der Waals surface area contributed by atoms with Crippen LogP contribution in [0.2, 0.25) is 0 Å². The Kier molecular flexibility index (Phi) is 5.84. The quantitative estimate of drug-likeness (QED) is 0.433. The van der Waals surface area contributed by atoms with Crippen LogP contribution in [0.4, 0.5) is 11.4 Å². The second-order valence-corrected chi connectivity index (χ2v) is 7.25. The number of hydrogen-bond donors (Lipinski definition) is 2. The molecule has 1 aliphatic heterocycles. The predicted octanol–water partition coefficient (Wildman–Crippen LogP) is 2.98. The molecule has 164 valence electrons. The minimum absolute atomic E-state index is 0.192. The summed E-state index contributed by atoms with van der Waals surface area (Å²) < 4.78 is 5.34. The molecule has 0 radical (unpaired) electrons. The molecule has 4 rings (SSSR count). The van der Waals surface area contributed by atoms with Gasteiger partial charge < -0.3 is 15.0 Å². The average molecular weight is 435 g/mol. The fraction of sp³-hybridized carbons (Fsp3) is 0.227. The van der Waals surface area contributed by atoms with Crippen LogP contribution in [-0.2, 0) is 9.59 Å². The zero-order valence-electron chi connectivity index (χ0n) is 17.3. The zero-order valence-corrected chi connectivity index (χ0v) is 17.3. The number of benzene rings is 2. The number of carbonyl (C=O) groups is 2. The number of rotatable bonds is 7. The molecule has 2 N–H and O–H groups in total. The molecular formula is C22H21N5O5. The Morgan fingerprint density at radius 2 is 2.09 bits per heavy atom. The van der Waals surface area contributed by atoms with E-state index in [2.05, 4.69) is 15.3 Å². The topological polar surface area (TPSA) is 130 Å². The van der Waals surface area contributed by atoms with Crippen molar-refractivity contribution in [3.63, 3.8) is 0 Å². The van der Waals surface area contributed by atoms with Crippen LogP contribution in [0.5, 0.6) is 5.75 Å². The number of aromatic nitrogens is 2. The Morgan fingerprint density at radius 3 is 2.81 bits per heavy atom. The Morgan fingerprint density at radius 1 is 1.31 bits per heavy atom. The molecule has 0 saturated carbocycles. The van der Waals surface area contributed by atoms with Crippen molar-refractivity contribution in [3.05, 3.63) is 70.7 Å². The van der Waals surface area contributed by atoms with Crippen LogP contribution < -0.4 is 15.0 Å². The molecule has 0 spiro atoms. The molecule has 1 atom stereocenters. The van der Waals surface area contributed by atoms with E-state index in [4.69, 9.17) is 4.74 Å². The molecule has 0 saturated heterocycles. The molecule has 10 heteroatoms. The molecule has 2 aromatic carbocycles. The number of ether oxygens (including phenoxy) is 1. The minimum Gasteiger partial charge on any atom is -0.482 e. The monoisotopic (exact) mass is 435 g/mol. The van der Waals surface area contributed by atoms with E-state index >= 15 is 0 Å². The molecule has 1 unspecified atom stereocenters. The largest absolute Gasteiger partial charge is 0.482 e. The summed E-state index contributed by atoms with van der Waals surface area (Å²) in [5.74, 6) is 0.0467. The van der Waals surface area contributed by atoms with E-state index in [-0.39, 0.29) is 30.6 Å². The SMILES string of the molecule is CCC(NC(=O)CN1C(=O)COc2ccc([N+](=O)[O-])cc21)c1ncc(-c2ccccc2)[nH]1. The van der Waals surface area contributed by atoms with Crippen molar-refractivity contribution in [2.75, 3.05) is 18.1 Å². The summed E-state index contributed by atoms with van der Waals surface area (Å²) in [5.41, 5.74) is 1.81. The van der Waals surface area contributed by atoms with Crippen molar-refractivity contribution in [2.45, 2.75) is 19.4 Å². The summed E-state index contributed by atoms with van der Waals surface area (Å²) in [6.45, 7) is 1.38. The third-order valence-corrected chi connectivity index (χ3v) is 5.15. The van der Waals surface area contributed by atoms with Gasteiger partial charge in [0.25, 0.3) is 11.6 Å². The molecular weight excluding hydrogens is 414 g/mol. The average Bonchev–Trinajstić information content (AvgIpc) is 3.29. The van der Waals surface area contributed by atoms with Gasteiger partial charge in [0.2, 0.25) is 5.91 Å². The van der Waals surface area contributed by atoms with Gasteiger partial charge in [0.05, 0.1) is 28.5 Å². The van der Waals surface area contributed by atoms with Crippen LogP contribution in [-0.4, -0.2) is 39.9 Å². The number of aromatic amines is 1. The second-order valence-electron chi connectivity index (χ2n) is 7.25. The van der Waals surface area contributed by atoms with Gasteiger partial charge in [0.1, 0.15) is 18.1 Å². The number of nitro groups is 1. The van der Waals surface area contributed by atoms with Crippen molar-refractivity contribution < 1.29 is 19.2 Å². The number of hydrogen-bond acceptors (Lipinski definition) is 6. The van der Waals surface area contributed by atoms with Crippen molar-refractivity contribution in [1.29, 1.82) is 0 Å². The molecule has 0 aliphatic carbocycles. The molecule has 2 amide bonds. The lowest BCUT2D eigenvalue weighted by molar-refractivity contribution is -0.384. The van der Waals surface area contributed by atoms with Gasteiger partial charge in [-0.25, -0.2) is 4.98 Å². The van der Waals surface area contributed by atoms with Gasteiger partial charge in [0.15, 0.2) is 6.61 Å². The van der Waals surface area contributed by atoms with Gasteiger partial charge in [0, 0.05) is 12.1 Å². The third-order valence-electron chi connectivity index (χ3n) is 5.15. The van der Waals surface area contributed by atoms with E-state index in [0.717, 1.165) is 11.3 Å². The molecule has 2 heterocycles. The Hall–Kier alpha value is -4.21. The number of H-pyrrole nitrogens is 1. The van der Waals surface area contributed by atoms with Gasteiger partial charge in [-0.3, -0.25) is 24.6 Å². The van der Waals surface area contributed by atoms with E-state index in [1.54, 1.807) is 6.20 Å². The van der Waals surface area contributed by atoms with Crippen LogP contribution in [0.15, 0.2) is 54.7 Å². The summed E-state index contributed by atoms with van der Waals surface area (Å²) in [6.07, 6.45) is 2.28. The maximum atomic E-state index is 12.8. The lowest BCUT2D eigenvalue weighted by Gasteiger charge is -2.29. The molecule has 3 aromatic rings. The van der Waals surface area contributed by atoms with Gasteiger partial charge in [-0.05, 0) is 18.1 Å². The van der Waals surface area contributed by atoms with Gasteiger partial charge in [-0.1, -0.05) is 37.3 Å². The van der Waals surface area contributed by atoms with E-state index in [1.807, 2.05) is 37.3 Å².